The number of aliphatic imine (C=N–C) groups is 1. The Bertz CT molecular complexity index is 272. The Kier molecular flexibility index (Phi) is 17.0. The van der Waals surface area contributed by atoms with Crippen molar-refractivity contribution in [1.82, 2.24) is 0 Å². The molecular formula is C14H26NNaO4. The third kappa shape index (κ3) is 12.9. The molecule has 0 bridgehead atoms. The molecule has 0 spiro atoms. The molecule has 6 heteroatoms. The summed E-state index contributed by atoms with van der Waals surface area (Å²) in [4.78, 5) is 14.4. The first-order chi connectivity index (χ1) is 9.11. The molecule has 0 heterocycles. The monoisotopic (exact) mass is 295 g/mol. The first-order valence-electron chi connectivity index (χ1n) is 7.07. The van der Waals surface area contributed by atoms with Crippen molar-refractivity contribution in [3.05, 3.63) is 0 Å². The van der Waals surface area contributed by atoms with Crippen LogP contribution < -0.4 is 34.7 Å². The van der Waals surface area contributed by atoms with E-state index in [-0.39, 0.29) is 42.1 Å². The molecule has 0 fully saturated rings. The maximum Gasteiger partial charge on any atom is 1.00 e. The van der Waals surface area contributed by atoms with Gasteiger partial charge in [0.15, 0.2) is 6.04 Å². The zero-order chi connectivity index (χ0) is 14.5. The average Bonchev–Trinajstić information content (AvgIpc) is 2.37. The molecule has 1 atom stereocenters. The van der Waals surface area contributed by atoms with E-state index in [1.54, 1.807) is 0 Å². The van der Waals surface area contributed by atoms with Crippen molar-refractivity contribution in [2.45, 2.75) is 64.3 Å². The topological polar surface area (TPSA) is 82.0 Å². The molecule has 0 aliphatic rings. The van der Waals surface area contributed by atoms with Gasteiger partial charge in [0.25, 0.3) is 0 Å². The number of aliphatic carboxylic acids is 1. The van der Waals surface area contributed by atoms with Crippen LogP contribution in [0.3, 0.4) is 0 Å². The molecule has 1 unspecified atom stereocenters. The maximum atomic E-state index is 11.5. The number of carbonyl (C=O) groups is 1. The second-order valence-corrected chi connectivity index (χ2v) is 4.70. The van der Waals surface area contributed by atoms with Crippen molar-refractivity contribution in [2.75, 3.05) is 13.7 Å². The standard InChI is InChI=1S/C14H27NO4.Na/c1-3-4-5-6-7-8-9-10-13(16)15-12(11-19-2)14(17)18;/h12H,3-11H2,1-2H3,(H,15,16)(H,17,18);/q;+1/p-1. The van der Waals surface area contributed by atoms with Crippen LogP contribution in [-0.2, 0) is 9.53 Å². The molecule has 0 saturated heterocycles. The molecule has 0 saturated carbocycles. The van der Waals surface area contributed by atoms with Crippen LogP contribution >= 0.6 is 0 Å². The fourth-order valence-electron chi connectivity index (χ4n) is 1.79. The molecule has 1 N–H and O–H groups in total. The minimum Gasteiger partial charge on any atom is -0.862 e. The number of unbranched alkanes of at least 4 members (excludes halogenated alkanes) is 6. The molecule has 0 aromatic rings. The Hall–Kier alpha value is -0.100. The SMILES string of the molecule is CCCCCCCCCC([O-])=NC(COC)C(=O)O.[Na+]. The van der Waals surface area contributed by atoms with E-state index in [4.69, 9.17) is 9.84 Å². The first-order valence-corrected chi connectivity index (χ1v) is 7.07. The summed E-state index contributed by atoms with van der Waals surface area (Å²) in [6.07, 6.45) is 8.22. The van der Waals surface area contributed by atoms with Gasteiger partial charge in [-0.05, 0) is 18.7 Å². The van der Waals surface area contributed by atoms with Crippen LogP contribution in [0, 0.1) is 0 Å². The predicted octanol–water partition coefficient (Wildman–Crippen LogP) is -1.01. The quantitative estimate of drug-likeness (QED) is 0.216. The van der Waals surface area contributed by atoms with Gasteiger partial charge >= 0.3 is 35.5 Å². The van der Waals surface area contributed by atoms with Gasteiger partial charge in [-0.2, -0.15) is 0 Å². The number of carboxylic acids is 1. The van der Waals surface area contributed by atoms with Crippen molar-refractivity contribution in [3.8, 4) is 0 Å². The second-order valence-electron chi connectivity index (χ2n) is 4.70. The van der Waals surface area contributed by atoms with Crippen molar-refractivity contribution < 1.29 is 49.3 Å². The van der Waals surface area contributed by atoms with Gasteiger partial charge in [0.05, 0.1) is 6.61 Å². The van der Waals surface area contributed by atoms with Gasteiger partial charge < -0.3 is 14.9 Å². The van der Waals surface area contributed by atoms with Gasteiger partial charge in [-0.15, -0.1) is 0 Å². The summed E-state index contributed by atoms with van der Waals surface area (Å²) >= 11 is 0. The number of ether oxygens (including phenoxy) is 1. The third-order valence-corrected chi connectivity index (χ3v) is 2.90. The van der Waals surface area contributed by atoms with Crippen molar-refractivity contribution in [3.63, 3.8) is 0 Å². The summed E-state index contributed by atoms with van der Waals surface area (Å²) in [5.41, 5.74) is 0. The normalized spacial score (nSPS) is 12.8. The van der Waals surface area contributed by atoms with Gasteiger partial charge in [-0.25, -0.2) is 4.79 Å². The summed E-state index contributed by atoms with van der Waals surface area (Å²) in [7, 11) is 1.40. The van der Waals surface area contributed by atoms with E-state index in [1.807, 2.05) is 0 Å². The zero-order valence-corrected chi connectivity index (χ0v) is 15.1. The minimum absolute atomic E-state index is 0. The molecule has 112 valence electrons. The third-order valence-electron chi connectivity index (χ3n) is 2.90. The van der Waals surface area contributed by atoms with E-state index in [1.165, 1.54) is 32.8 Å². The molecule has 0 amide bonds. The Morgan fingerprint density at radius 3 is 2.25 bits per heavy atom. The largest absolute Gasteiger partial charge is 1.00 e. The Balaban J connectivity index is 0. The number of hydrogen-bond acceptors (Lipinski definition) is 4. The molecule has 20 heavy (non-hydrogen) atoms. The van der Waals surface area contributed by atoms with Crippen LogP contribution in [0.1, 0.15) is 58.3 Å². The summed E-state index contributed by atoms with van der Waals surface area (Å²) in [6.45, 7) is 2.12. The van der Waals surface area contributed by atoms with Crippen LogP contribution in [0.15, 0.2) is 4.99 Å². The van der Waals surface area contributed by atoms with Crippen LogP contribution in [-0.4, -0.2) is 36.7 Å². The Morgan fingerprint density at radius 1 is 1.20 bits per heavy atom. The number of nitrogens with zero attached hydrogens (tertiary/aromatic N) is 1. The minimum atomic E-state index is -1.12. The Labute approximate surface area is 144 Å². The summed E-state index contributed by atoms with van der Waals surface area (Å²) in [5.74, 6) is -1.45. The average molecular weight is 295 g/mol. The smallest absolute Gasteiger partial charge is 0.862 e. The van der Waals surface area contributed by atoms with Crippen LogP contribution in [0.25, 0.3) is 0 Å². The van der Waals surface area contributed by atoms with Gasteiger partial charge in [-0.1, -0.05) is 45.4 Å². The van der Waals surface area contributed by atoms with Crippen LogP contribution in [0.2, 0.25) is 0 Å². The van der Waals surface area contributed by atoms with Crippen LogP contribution in [0.4, 0.5) is 0 Å². The van der Waals surface area contributed by atoms with Gasteiger partial charge in [-0.3, -0.25) is 4.99 Å². The fraction of sp³-hybridized carbons (Fsp3) is 0.857. The van der Waals surface area contributed by atoms with E-state index in [0.29, 0.717) is 6.42 Å². The fourth-order valence-corrected chi connectivity index (χ4v) is 1.79. The van der Waals surface area contributed by atoms with E-state index >= 15 is 0 Å². The van der Waals surface area contributed by atoms with Crippen molar-refractivity contribution in [1.29, 1.82) is 0 Å². The summed E-state index contributed by atoms with van der Waals surface area (Å²) < 4.78 is 4.72. The van der Waals surface area contributed by atoms with Gasteiger partial charge in [0.2, 0.25) is 0 Å². The van der Waals surface area contributed by atoms with Crippen molar-refractivity contribution in [2.24, 2.45) is 4.99 Å². The van der Waals surface area contributed by atoms with Crippen molar-refractivity contribution >= 4 is 11.9 Å². The summed E-state index contributed by atoms with van der Waals surface area (Å²) in [5, 5.41) is 20.3. The number of rotatable bonds is 12. The Morgan fingerprint density at radius 2 is 1.75 bits per heavy atom. The van der Waals surface area contributed by atoms with E-state index in [9.17, 15) is 9.90 Å². The van der Waals surface area contributed by atoms with Gasteiger partial charge in [0, 0.05) is 7.11 Å². The zero-order valence-electron chi connectivity index (χ0n) is 13.1. The van der Waals surface area contributed by atoms with E-state index in [0.717, 1.165) is 19.3 Å². The predicted molar refractivity (Wildman–Crippen MR) is 73.3 cm³/mol. The second kappa shape index (κ2) is 15.3. The molecule has 0 aliphatic heterocycles. The maximum absolute atomic E-state index is 11.5. The number of methoxy groups -OCH3 is 1. The van der Waals surface area contributed by atoms with Gasteiger partial charge in [0.1, 0.15) is 0 Å². The molecule has 0 aromatic carbocycles. The number of hydrogen-bond donors (Lipinski definition) is 1. The molecular weight excluding hydrogens is 269 g/mol. The first kappa shape index (κ1) is 22.2. The van der Waals surface area contributed by atoms with Crippen LogP contribution in [0.5, 0.6) is 0 Å². The molecule has 0 aliphatic carbocycles. The summed E-state index contributed by atoms with van der Waals surface area (Å²) in [6, 6.07) is -1.07. The molecule has 5 nitrogen and oxygen atoms in total. The molecule has 0 aromatic heterocycles. The van der Waals surface area contributed by atoms with E-state index in [2.05, 4.69) is 11.9 Å². The van der Waals surface area contributed by atoms with E-state index < -0.39 is 12.0 Å². The number of carboxylic acid groups (broad SMARTS) is 1. The molecule has 0 rings (SSSR count). The molecule has 0 radical (unpaired) electrons.